The third-order valence-electron chi connectivity index (χ3n) is 2.63. The second kappa shape index (κ2) is 5.51. The van der Waals surface area contributed by atoms with E-state index in [1.165, 1.54) is 7.11 Å². The molecule has 0 aliphatic carbocycles. The number of methoxy groups -OCH3 is 1. The second-order valence-corrected chi connectivity index (χ2v) is 4.35. The van der Waals surface area contributed by atoms with Gasteiger partial charge in [0.2, 0.25) is 5.95 Å². The molecule has 0 bridgehead atoms. The fourth-order valence-electron chi connectivity index (χ4n) is 1.59. The molecule has 6 heteroatoms. The van der Waals surface area contributed by atoms with Crippen molar-refractivity contribution in [2.75, 3.05) is 12.4 Å². The van der Waals surface area contributed by atoms with E-state index in [9.17, 15) is 4.79 Å². The molecule has 2 N–H and O–H groups in total. The predicted molar refractivity (Wildman–Crippen MR) is 71.4 cm³/mol. The maximum Gasteiger partial charge on any atom is 0.261 e. The highest BCUT2D eigenvalue weighted by Crippen LogP contribution is 2.18. The molecule has 6 nitrogen and oxygen atoms in total. The number of aromatic amines is 1. The first-order chi connectivity index (χ1) is 9.11. The second-order valence-electron chi connectivity index (χ2n) is 4.35. The number of nitrogens with one attached hydrogen (secondary N) is 2. The number of para-hydroxylation sites is 1. The summed E-state index contributed by atoms with van der Waals surface area (Å²) in [6.07, 6.45) is 0. The van der Waals surface area contributed by atoms with E-state index in [4.69, 9.17) is 4.74 Å². The molecule has 2 rings (SSSR count). The van der Waals surface area contributed by atoms with Crippen LogP contribution in [-0.2, 0) is 0 Å². The first-order valence-electron chi connectivity index (χ1n) is 5.98. The van der Waals surface area contributed by atoms with E-state index in [2.05, 4.69) is 20.5 Å². The number of rotatable bonds is 4. The van der Waals surface area contributed by atoms with Crippen LogP contribution in [-0.4, -0.2) is 28.2 Å². The Balaban J connectivity index is 2.16. The van der Waals surface area contributed by atoms with E-state index in [1.54, 1.807) is 24.3 Å². The van der Waals surface area contributed by atoms with Crippen LogP contribution in [0.5, 0.6) is 5.75 Å². The molecule has 1 heterocycles. The van der Waals surface area contributed by atoms with Crippen LogP contribution >= 0.6 is 0 Å². The summed E-state index contributed by atoms with van der Waals surface area (Å²) in [6, 6.07) is 6.99. The number of hydrogen-bond acceptors (Lipinski definition) is 4. The van der Waals surface area contributed by atoms with Crippen molar-refractivity contribution < 1.29 is 9.53 Å². The highest BCUT2D eigenvalue weighted by molar-refractivity contribution is 6.05. The molecule has 0 saturated carbocycles. The number of anilines is 1. The Labute approximate surface area is 111 Å². The van der Waals surface area contributed by atoms with Crippen molar-refractivity contribution in [2.45, 2.75) is 19.8 Å². The van der Waals surface area contributed by atoms with Crippen LogP contribution in [0.3, 0.4) is 0 Å². The minimum Gasteiger partial charge on any atom is -0.496 e. The van der Waals surface area contributed by atoms with Gasteiger partial charge in [0.15, 0.2) is 0 Å². The molecule has 1 amide bonds. The molecular formula is C13H16N4O2. The molecular weight excluding hydrogens is 244 g/mol. The minimum absolute atomic E-state index is 0.226. The van der Waals surface area contributed by atoms with E-state index in [-0.39, 0.29) is 17.8 Å². The Kier molecular flexibility index (Phi) is 3.79. The van der Waals surface area contributed by atoms with Crippen LogP contribution in [0.25, 0.3) is 0 Å². The summed E-state index contributed by atoms with van der Waals surface area (Å²) in [5.74, 6) is 1.44. The van der Waals surface area contributed by atoms with Gasteiger partial charge in [0.05, 0.1) is 12.7 Å². The minimum atomic E-state index is -0.299. The van der Waals surface area contributed by atoms with Crippen molar-refractivity contribution in [2.24, 2.45) is 0 Å². The van der Waals surface area contributed by atoms with Gasteiger partial charge in [0.1, 0.15) is 11.6 Å². The van der Waals surface area contributed by atoms with Crippen LogP contribution in [0.2, 0.25) is 0 Å². The van der Waals surface area contributed by atoms with Gasteiger partial charge in [-0.05, 0) is 12.1 Å². The summed E-state index contributed by atoms with van der Waals surface area (Å²) in [7, 11) is 1.52. The molecule has 100 valence electrons. The van der Waals surface area contributed by atoms with Gasteiger partial charge in [0, 0.05) is 5.92 Å². The first kappa shape index (κ1) is 13.1. The molecule has 0 radical (unpaired) electrons. The van der Waals surface area contributed by atoms with Crippen molar-refractivity contribution in [3.8, 4) is 5.75 Å². The Bertz CT molecular complexity index is 578. The normalized spacial score (nSPS) is 10.5. The summed E-state index contributed by atoms with van der Waals surface area (Å²) < 4.78 is 5.14. The monoisotopic (exact) mass is 260 g/mol. The molecule has 0 aliphatic rings. The Morgan fingerprint density at radius 3 is 2.74 bits per heavy atom. The highest BCUT2D eigenvalue weighted by Gasteiger charge is 2.14. The molecule has 2 aromatic rings. The molecule has 0 unspecified atom stereocenters. The van der Waals surface area contributed by atoms with Gasteiger partial charge in [-0.25, -0.2) is 0 Å². The Morgan fingerprint density at radius 2 is 2.11 bits per heavy atom. The highest BCUT2D eigenvalue weighted by atomic mass is 16.5. The maximum atomic E-state index is 12.1. The summed E-state index contributed by atoms with van der Waals surface area (Å²) in [5, 5.41) is 9.37. The van der Waals surface area contributed by atoms with Gasteiger partial charge >= 0.3 is 0 Å². The lowest BCUT2D eigenvalue weighted by atomic mass is 10.2. The van der Waals surface area contributed by atoms with E-state index in [0.717, 1.165) is 5.82 Å². The molecule has 0 aliphatic heterocycles. The molecule has 1 aromatic heterocycles. The molecule has 0 spiro atoms. The van der Waals surface area contributed by atoms with Gasteiger partial charge in [-0.15, -0.1) is 5.10 Å². The molecule has 0 atom stereocenters. The van der Waals surface area contributed by atoms with Crippen molar-refractivity contribution in [3.05, 3.63) is 35.7 Å². The van der Waals surface area contributed by atoms with Crippen LogP contribution in [0.15, 0.2) is 24.3 Å². The zero-order valence-electron chi connectivity index (χ0n) is 11.1. The van der Waals surface area contributed by atoms with Gasteiger partial charge in [0.25, 0.3) is 5.91 Å². The summed E-state index contributed by atoms with van der Waals surface area (Å²) in [5.41, 5.74) is 0.445. The van der Waals surface area contributed by atoms with E-state index in [1.807, 2.05) is 13.8 Å². The van der Waals surface area contributed by atoms with Gasteiger partial charge in [-0.2, -0.15) is 4.98 Å². The lowest BCUT2D eigenvalue weighted by molar-refractivity contribution is 0.102. The molecule has 19 heavy (non-hydrogen) atoms. The number of ether oxygens (including phenoxy) is 1. The lowest BCUT2D eigenvalue weighted by Gasteiger charge is -2.06. The van der Waals surface area contributed by atoms with Crippen molar-refractivity contribution in [1.82, 2.24) is 15.2 Å². The number of aromatic nitrogens is 3. The largest absolute Gasteiger partial charge is 0.496 e. The summed E-state index contributed by atoms with van der Waals surface area (Å²) in [6.45, 7) is 3.98. The number of benzene rings is 1. The van der Waals surface area contributed by atoms with E-state index >= 15 is 0 Å². The number of carbonyl (C=O) groups excluding carboxylic acids is 1. The summed E-state index contributed by atoms with van der Waals surface area (Å²) >= 11 is 0. The molecule has 0 fully saturated rings. The number of hydrogen-bond donors (Lipinski definition) is 2. The van der Waals surface area contributed by atoms with Crippen LogP contribution in [0.1, 0.15) is 35.9 Å². The number of nitrogens with zero attached hydrogens (tertiary/aromatic N) is 2. The van der Waals surface area contributed by atoms with E-state index in [0.29, 0.717) is 11.3 Å². The van der Waals surface area contributed by atoms with Crippen molar-refractivity contribution in [3.63, 3.8) is 0 Å². The van der Waals surface area contributed by atoms with Gasteiger partial charge in [-0.1, -0.05) is 26.0 Å². The zero-order chi connectivity index (χ0) is 13.8. The standard InChI is InChI=1S/C13H16N4O2/c1-8(2)11-14-13(17-16-11)15-12(18)9-6-4-5-7-10(9)19-3/h4-8H,1-3H3,(H2,14,15,16,17,18). The number of amides is 1. The fraction of sp³-hybridized carbons (Fsp3) is 0.308. The fourth-order valence-corrected chi connectivity index (χ4v) is 1.59. The molecule has 0 saturated heterocycles. The first-order valence-corrected chi connectivity index (χ1v) is 5.98. The van der Waals surface area contributed by atoms with Crippen LogP contribution in [0, 0.1) is 0 Å². The molecule has 1 aromatic carbocycles. The van der Waals surface area contributed by atoms with Crippen molar-refractivity contribution >= 4 is 11.9 Å². The van der Waals surface area contributed by atoms with Crippen LogP contribution in [0.4, 0.5) is 5.95 Å². The van der Waals surface area contributed by atoms with Gasteiger partial charge < -0.3 is 4.74 Å². The van der Waals surface area contributed by atoms with Crippen LogP contribution < -0.4 is 10.1 Å². The number of carbonyl (C=O) groups is 1. The Hall–Kier alpha value is -2.37. The smallest absolute Gasteiger partial charge is 0.261 e. The van der Waals surface area contributed by atoms with Gasteiger partial charge in [-0.3, -0.25) is 15.2 Å². The number of H-pyrrole nitrogens is 1. The maximum absolute atomic E-state index is 12.1. The van der Waals surface area contributed by atoms with E-state index < -0.39 is 0 Å². The summed E-state index contributed by atoms with van der Waals surface area (Å²) in [4.78, 5) is 16.3. The quantitative estimate of drug-likeness (QED) is 0.883. The zero-order valence-corrected chi connectivity index (χ0v) is 11.1. The van der Waals surface area contributed by atoms with Crippen molar-refractivity contribution in [1.29, 1.82) is 0 Å². The average molecular weight is 260 g/mol. The third-order valence-corrected chi connectivity index (χ3v) is 2.63. The average Bonchev–Trinajstić information content (AvgIpc) is 2.87. The lowest BCUT2D eigenvalue weighted by Crippen LogP contribution is -2.14. The SMILES string of the molecule is COc1ccccc1C(=O)Nc1n[nH]c(C(C)C)n1. The third kappa shape index (κ3) is 2.90. The predicted octanol–water partition coefficient (Wildman–Crippen LogP) is 2.19. The Morgan fingerprint density at radius 1 is 1.37 bits per heavy atom. The topological polar surface area (TPSA) is 79.9 Å².